The second kappa shape index (κ2) is 4.85. The molecular weight excluding hydrogens is 218 g/mol. The van der Waals surface area contributed by atoms with Gasteiger partial charge in [-0.05, 0) is 26.2 Å². The van der Waals surface area contributed by atoms with Crippen LogP contribution in [0.2, 0.25) is 0 Å². The summed E-state index contributed by atoms with van der Waals surface area (Å²) in [6, 6.07) is 0. The molecule has 0 radical (unpaired) electrons. The van der Waals surface area contributed by atoms with E-state index in [1.54, 1.807) is 13.3 Å². The first-order valence-corrected chi connectivity index (χ1v) is 5.78. The summed E-state index contributed by atoms with van der Waals surface area (Å²) in [5.74, 6) is 6.50. The minimum Gasteiger partial charge on any atom is -0.376 e. The van der Waals surface area contributed by atoms with Crippen LogP contribution in [0, 0.1) is 6.92 Å². The number of hydrogen-bond donors (Lipinski definition) is 3. The van der Waals surface area contributed by atoms with Crippen molar-refractivity contribution >= 4 is 11.8 Å². The van der Waals surface area contributed by atoms with E-state index in [1.165, 1.54) is 6.42 Å². The van der Waals surface area contributed by atoms with Gasteiger partial charge in [-0.3, -0.25) is 5.43 Å². The molecular formula is C11H19N5O. The molecule has 2 rings (SSSR count). The minimum absolute atomic E-state index is 0.0201. The highest BCUT2D eigenvalue weighted by molar-refractivity contribution is 5.46. The molecule has 1 aromatic heterocycles. The van der Waals surface area contributed by atoms with Gasteiger partial charge in [-0.25, -0.2) is 10.8 Å². The van der Waals surface area contributed by atoms with Gasteiger partial charge in [-0.2, -0.15) is 4.98 Å². The molecule has 0 aromatic carbocycles. The van der Waals surface area contributed by atoms with Gasteiger partial charge in [-0.15, -0.1) is 0 Å². The van der Waals surface area contributed by atoms with E-state index < -0.39 is 0 Å². The van der Waals surface area contributed by atoms with Gasteiger partial charge < -0.3 is 10.1 Å². The predicted molar refractivity (Wildman–Crippen MR) is 66.7 cm³/mol. The lowest BCUT2D eigenvalue weighted by Crippen LogP contribution is -2.45. The van der Waals surface area contributed by atoms with Gasteiger partial charge in [0.1, 0.15) is 5.82 Å². The minimum atomic E-state index is -0.0201. The maximum Gasteiger partial charge on any atom is 0.239 e. The number of aromatic nitrogens is 2. The first-order chi connectivity index (χ1) is 8.19. The summed E-state index contributed by atoms with van der Waals surface area (Å²) in [5, 5.41) is 3.31. The summed E-state index contributed by atoms with van der Waals surface area (Å²) >= 11 is 0. The molecule has 1 saturated carbocycles. The SMILES string of the molecule is COC1(CNc2nc(NN)ncc2C)CCC1. The van der Waals surface area contributed by atoms with Gasteiger partial charge in [0.15, 0.2) is 0 Å². The van der Waals surface area contributed by atoms with Crippen LogP contribution in [0.15, 0.2) is 6.20 Å². The first-order valence-electron chi connectivity index (χ1n) is 5.78. The van der Waals surface area contributed by atoms with Crippen LogP contribution < -0.4 is 16.6 Å². The first kappa shape index (κ1) is 12.1. The molecule has 1 fully saturated rings. The summed E-state index contributed by atoms with van der Waals surface area (Å²) in [4.78, 5) is 8.31. The smallest absolute Gasteiger partial charge is 0.239 e. The number of ether oxygens (including phenoxy) is 1. The Morgan fingerprint density at radius 3 is 2.82 bits per heavy atom. The fourth-order valence-corrected chi connectivity index (χ4v) is 1.96. The standard InChI is InChI=1S/C11H19N5O/c1-8-6-13-10(16-12)15-9(8)14-7-11(17-2)4-3-5-11/h6H,3-5,7,12H2,1-2H3,(H2,13,14,15,16). The zero-order valence-corrected chi connectivity index (χ0v) is 10.3. The van der Waals surface area contributed by atoms with Crippen molar-refractivity contribution in [2.45, 2.75) is 31.8 Å². The van der Waals surface area contributed by atoms with E-state index in [-0.39, 0.29) is 5.60 Å². The Balaban J connectivity index is 2.02. The highest BCUT2D eigenvalue weighted by Crippen LogP contribution is 2.35. The molecule has 6 nitrogen and oxygen atoms in total. The van der Waals surface area contributed by atoms with Crippen LogP contribution in [-0.4, -0.2) is 29.2 Å². The Labute approximate surface area is 101 Å². The summed E-state index contributed by atoms with van der Waals surface area (Å²) in [7, 11) is 1.76. The molecule has 1 aliphatic carbocycles. The van der Waals surface area contributed by atoms with Crippen LogP contribution in [0.3, 0.4) is 0 Å². The molecule has 0 atom stereocenters. The van der Waals surface area contributed by atoms with Crippen molar-refractivity contribution in [3.63, 3.8) is 0 Å². The highest BCUT2D eigenvalue weighted by Gasteiger charge is 2.36. The predicted octanol–water partition coefficient (Wildman–Crippen LogP) is 1.05. The summed E-state index contributed by atoms with van der Waals surface area (Å²) in [6.07, 6.45) is 5.17. The molecule has 17 heavy (non-hydrogen) atoms. The number of methoxy groups -OCH3 is 1. The van der Waals surface area contributed by atoms with Crippen molar-refractivity contribution < 1.29 is 4.74 Å². The van der Waals surface area contributed by atoms with Gasteiger partial charge in [0.05, 0.1) is 5.60 Å². The topological polar surface area (TPSA) is 85.1 Å². The lowest BCUT2D eigenvalue weighted by molar-refractivity contribution is -0.0601. The van der Waals surface area contributed by atoms with Crippen LogP contribution >= 0.6 is 0 Å². The Hall–Kier alpha value is -1.40. The number of nitrogens with two attached hydrogens (primary N) is 1. The summed E-state index contributed by atoms with van der Waals surface area (Å²) in [6.45, 7) is 2.73. The molecule has 0 amide bonds. The number of anilines is 2. The maximum absolute atomic E-state index is 5.55. The van der Waals surface area contributed by atoms with Gasteiger partial charge >= 0.3 is 0 Å². The number of hydrazine groups is 1. The molecule has 1 heterocycles. The molecule has 94 valence electrons. The van der Waals surface area contributed by atoms with Crippen LogP contribution in [0.5, 0.6) is 0 Å². The Morgan fingerprint density at radius 2 is 2.29 bits per heavy atom. The Kier molecular flexibility index (Phi) is 3.44. The quantitative estimate of drug-likeness (QED) is 0.524. The largest absolute Gasteiger partial charge is 0.376 e. The average Bonchev–Trinajstić information content (AvgIpc) is 2.30. The molecule has 0 spiro atoms. The van der Waals surface area contributed by atoms with E-state index in [0.29, 0.717) is 5.95 Å². The number of nitrogen functional groups attached to an aromatic ring is 1. The molecule has 0 saturated heterocycles. The lowest BCUT2D eigenvalue weighted by Gasteiger charge is -2.40. The third-order valence-corrected chi connectivity index (χ3v) is 3.38. The van der Waals surface area contributed by atoms with E-state index in [1.807, 2.05) is 6.92 Å². The lowest BCUT2D eigenvalue weighted by atomic mass is 9.80. The number of nitrogens with one attached hydrogen (secondary N) is 2. The molecule has 4 N–H and O–H groups in total. The molecule has 0 bridgehead atoms. The molecule has 0 aliphatic heterocycles. The zero-order valence-electron chi connectivity index (χ0n) is 10.3. The van der Waals surface area contributed by atoms with E-state index in [4.69, 9.17) is 10.6 Å². The van der Waals surface area contributed by atoms with Gasteiger partial charge in [0, 0.05) is 25.4 Å². The fourth-order valence-electron chi connectivity index (χ4n) is 1.96. The molecule has 1 aliphatic rings. The van der Waals surface area contributed by atoms with Crippen molar-refractivity contribution in [1.82, 2.24) is 9.97 Å². The summed E-state index contributed by atoms with van der Waals surface area (Å²) < 4.78 is 5.55. The summed E-state index contributed by atoms with van der Waals surface area (Å²) in [5.41, 5.74) is 3.42. The van der Waals surface area contributed by atoms with Crippen molar-refractivity contribution in [1.29, 1.82) is 0 Å². The third-order valence-electron chi connectivity index (χ3n) is 3.38. The second-order valence-corrected chi connectivity index (χ2v) is 4.46. The number of nitrogens with zero attached hydrogens (tertiary/aromatic N) is 2. The fraction of sp³-hybridized carbons (Fsp3) is 0.636. The number of aryl methyl sites for hydroxylation is 1. The Morgan fingerprint density at radius 1 is 1.53 bits per heavy atom. The van der Waals surface area contributed by atoms with Gasteiger partial charge in [-0.1, -0.05) is 0 Å². The van der Waals surface area contributed by atoms with Crippen LogP contribution in [-0.2, 0) is 4.74 Å². The van der Waals surface area contributed by atoms with Gasteiger partial charge in [0.25, 0.3) is 0 Å². The van der Waals surface area contributed by atoms with E-state index >= 15 is 0 Å². The maximum atomic E-state index is 5.55. The van der Waals surface area contributed by atoms with Crippen LogP contribution in [0.1, 0.15) is 24.8 Å². The number of hydrogen-bond acceptors (Lipinski definition) is 6. The van der Waals surface area contributed by atoms with E-state index in [9.17, 15) is 0 Å². The van der Waals surface area contributed by atoms with Crippen LogP contribution in [0.25, 0.3) is 0 Å². The van der Waals surface area contributed by atoms with E-state index in [2.05, 4.69) is 20.7 Å². The molecule has 0 unspecified atom stereocenters. The van der Waals surface area contributed by atoms with E-state index in [0.717, 1.165) is 30.8 Å². The normalized spacial score (nSPS) is 17.4. The Bertz CT molecular complexity index is 386. The molecule has 1 aromatic rings. The van der Waals surface area contributed by atoms with Crippen molar-refractivity contribution in [2.75, 3.05) is 24.4 Å². The zero-order chi connectivity index (χ0) is 12.3. The monoisotopic (exact) mass is 237 g/mol. The average molecular weight is 237 g/mol. The second-order valence-electron chi connectivity index (χ2n) is 4.46. The van der Waals surface area contributed by atoms with Crippen molar-refractivity contribution in [3.05, 3.63) is 11.8 Å². The van der Waals surface area contributed by atoms with Crippen molar-refractivity contribution in [2.24, 2.45) is 5.84 Å². The molecule has 6 heteroatoms. The van der Waals surface area contributed by atoms with Crippen LogP contribution in [0.4, 0.5) is 11.8 Å². The highest BCUT2D eigenvalue weighted by atomic mass is 16.5. The number of rotatable bonds is 5. The van der Waals surface area contributed by atoms with Gasteiger partial charge in [0.2, 0.25) is 5.95 Å². The third kappa shape index (κ3) is 2.48. The van der Waals surface area contributed by atoms with Crippen molar-refractivity contribution in [3.8, 4) is 0 Å².